The van der Waals surface area contributed by atoms with Crippen molar-refractivity contribution in [1.29, 1.82) is 0 Å². The highest BCUT2D eigenvalue weighted by molar-refractivity contribution is 5.91. The molecule has 3 fully saturated rings. The molecule has 4 rings (SSSR count). The molecule has 0 aromatic carbocycles. The molecular weight excluding hydrogens is 412 g/mol. The second kappa shape index (κ2) is 9.13. The number of ether oxygens (including phenoxy) is 1. The molecule has 1 spiro atoms. The molecule has 1 aromatic heterocycles. The third kappa shape index (κ3) is 4.10. The number of methoxy groups -OCH3 is 1. The lowest BCUT2D eigenvalue weighted by molar-refractivity contribution is -0.139. The Kier molecular flexibility index (Phi) is 6.46. The summed E-state index contributed by atoms with van der Waals surface area (Å²) in [6, 6.07) is 3.62. The van der Waals surface area contributed by atoms with E-state index in [4.69, 9.17) is 4.74 Å². The molecule has 0 unspecified atom stereocenters. The van der Waals surface area contributed by atoms with E-state index in [1.54, 1.807) is 19.1 Å². The summed E-state index contributed by atoms with van der Waals surface area (Å²) in [7, 11) is 1.54. The SMILES string of the molecule is CCN(C(=O)O)c1ccc(OC)nc1N1CCC[C@]2(CCN([C@H]3CC[C@H](O)CC3)C2=O)C1. The lowest BCUT2D eigenvalue weighted by atomic mass is 9.78. The Morgan fingerprint density at radius 3 is 2.66 bits per heavy atom. The Balaban J connectivity index is 1.59. The van der Waals surface area contributed by atoms with E-state index in [2.05, 4.69) is 9.88 Å². The van der Waals surface area contributed by atoms with Crippen LogP contribution in [0.3, 0.4) is 0 Å². The molecule has 3 heterocycles. The number of nitrogens with zero attached hydrogens (tertiary/aromatic N) is 4. The summed E-state index contributed by atoms with van der Waals surface area (Å²) in [4.78, 5) is 35.5. The number of pyridine rings is 1. The van der Waals surface area contributed by atoms with Crippen molar-refractivity contribution < 1.29 is 24.5 Å². The van der Waals surface area contributed by atoms with Crippen LogP contribution in [0.4, 0.5) is 16.3 Å². The first-order valence-electron chi connectivity index (χ1n) is 11.7. The maximum atomic E-state index is 13.6. The number of aromatic nitrogens is 1. The Bertz CT molecular complexity index is 857. The molecule has 32 heavy (non-hydrogen) atoms. The summed E-state index contributed by atoms with van der Waals surface area (Å²) in [5.74, 6) is 1.18. The largest absolute Gasteiger partial charge is 0.481 e. The van der Waals surface area contributed by atoms with E-state index in [0.29, 0.717) is 30.5 Å². The van der Waals surface area contributed by atoms with Crippen molar-refractivity contribution in [2.75, 3.05) is 43.1 Å². The zero-order valence-corrected chi connectivity index (χ0v) is 19.0. The van der Waals surface area contributed by atoms with Crippen molar-refractivity contribution in [3.8, 4) is 5.88 Å². The maximum Gasteiger partial charge on any atom is 0.411 e. The standard InChI is InChI=1S/C23H34N4O5/c1-3-26(22(30)31)18-9-10-19(32-2)24-20(18)25-13-4-11-23(15-25)12-14-27(21(23)29)16-5-7-17(28)8-6-16/h9-10,16-17,28H,3-8,11-15H2,1-2H3,(H,30,31)/t16-,17-,23-/m0/s1. The summed E-state index contributed by atoms with van der Waals surface area (Å²) < 4.78 is 5.32. The fourth-order valence-electron chi connectivity index (χ4n) is 5.65. The van der Waals surface area contributed by atoms with E-state index >= 15 is 0 Å². The van der Waals surface area contributed by atoms with Crippen LogP contribution in [-0.4, -0.2) is 77.5 Å². The molecule has 2 amide bonds. The first-order chi connectivity index (χ1) is 15.4. The molecule has 176 valence electrons. The molecule has 2 N–H and O–H groups in total. The first-order valence-corrected chi connectivity index (χ1v) is 11.7. The van der Waals surface area contributed by atoms with Crippen molar-refractivity contribution in [3.05, 3.63) is 12.1 Å². The van der Waals surface area contributed by atoms with Gasteiger partial charge in [-0.15, -0.1) is 0 Å². The summed E-state index contributed by atoms with van der Waals surface area (Å²) >= 11 is 0. The van der Waals surface area contributed by atoms with E-state index in [9.17, 15) is 19.8 Å². The van der Waals surface area contributed by atoms with Gasteiger partial charge >= 0.3 is 6.09 Å². The second-order valence-electron chi connectivity index (χ2n) is 9.24. The molecule has 1 aromatic rings. The summed E-state index contributed by atoms with van der Waals surface area (Å²) in [5.41, 5.74) is 0.0535. The van der Waals surface area contributed by atoms with Gasteiger partial charge in [-0.25, -0.2) is 4.79 Å². The lowest BCUT2D eigenvalue weighted by Gasteiger charge is -2.41. The molecule has 1 aliphatic carbocycles. The number of carbonyl (C=O) groups is 2. The second-order valence-corrected chi connectivity index (χ2v) is 9.24. The maximum absolute atomic E-state index is 13.6. The van der Waals surface area contributed by atoms with Crippen molar-refractivity contribution in [3.63, 3.8) is 0 Å². The van der Waals surface area contributed by atoms with Crippen molar-refractivity contribution in [2.45, 2.75) is 64.0 Å². The predicted octanol–water partition coefficient (Wildman–Crippen LogP) is 2.72. The molecule has 2 aliphatic heterocycles. The van der Waals surface area contributed by atoms with Crippen molar-refractivity contribution in [2.24, 2.45) is 5.41 Å². The first kappa shape index (κ1) is 22.6. The van der Waals surface area contributed by atoms with Gasteiger partial charge in [0.1, 0.15) is 0 Å². The van der Waals surface area contributed by atoms with Gasteiger partial charge in [0.15, 0.2) is 5.82 Å². The van der Waals surface area contributed by atoms with Gasteiger partial charge in [-0.2, -0.15) is 4.98 Å². The van der Waals surface area contributed by atoms with Crippen LogP contribution >= 0.6 is 0 Å². The van der Waals surface area contributed by atoms with Gasteiger partial charge < -0.3 is 24.7 Å². The zero-order valence-electron chi connectivity index (χ0n) is 19.0. The van der Waals surface area contributed by atoms with Crippen molar-refractivity contribution in [1.82, 2.24) is 9.88 Å². The minimum Gasteiger partial charge on any atom is -0.481 e. The molecule has 1 atom stereocenters. The lowest BCUT2D eigenvalue weighted by Crippen LogP contribution is -2.50. The number of anilines is 2. The fraction of sp³-hybridized carbons (Fsp3) is 0.696. The van der Waals surface area contributed by atoms with Gasteiger partial charge in [0.25, 0.3) is 0 Å². The highest BCUT2D eigenvalue weighted by Crippen LogP contribution is 2.44. The van der Waals surface area contributed by atoms with Crippen LogP contribution in [0.25, 0.3) is 0 Å². The van der Waals surface area contributed by atoms with E-state index in [0.717, 1.165) is 58.0 Å². The number of hydrogen-bond acceptors (Lipinski definition) is 6. The number of piperidine rings is 1. The van der Waals surface area contributed by atoms with Crippen LogP contribution in [0.15, 0.2) is 12.1 Å². The highest BCUT2D eigenvalue weighted by Gasteiger charge is 2.51. The highest BCUT2D eigenvalue weighted by atomic mass is 16.5. The Morgan fingerprint density at radius 2 is 2.00 bits per heavy atom. The molecule has 1 saturated carbocycles. The van der Waals surface area contributed by atoms with Gasteiger partial charge in [-0.05, 0) is 57.9 Å². The van der Waals surface area contributed by atoms with Crippen LogP contribution in [0.1, 0.15) is 51.9 Å². The normalized spacial score (nSPS) is 28.3. The Hall–Kier alpha value is -2.55. The van der Waals surface area contributed by atoms with Crippen molar-refractivity contribution >= 4 is 23.5 Å². The van der Waals surface area contributed by atoms with E-state index < -0.39 is 11.5 Å². The Labute approximate surface area is 189 Å². The molecule has 2 saturated heterocycles. The molecule has 9 nitrogen and oxygen atoms in total. The number of aliphatic hydroxyl groups excluding tert-OH is 1. The van der Waals surface area contributed by atoms with Crippen LogP contribution in [0.5, 0.6) is 5.88 Å². The summed E-state index contributed by atoms with van der Waals surface area (Å²) in [6.07, 6.45) is 4.45. The fourth-order valence-corrected chi connectivity index (χ4v) is 5.65. The number of amides is 2. The average molecular weight is 447 g/mol. The number of aliphatic hydroxyl groups is 1. The number of rotatable bonds is 5. The van der Waals surface area contributed by atoms with E-state index in [1.807, 2.05) is 4.90 Å². The van der Waals surface area contributed by atoms with Crippen LogP contribution in [-0.2, 0) is 4.79 Å². The number of hydrogen-bond donors (Lipinski definition) is 2. The monoisotopic (exact) mass is 446 g/mol. The third-order valence-electron chi connectivity index (χ3n) is 7.41. The molecule has 0 radical (unpaired) electrons. The van der Waals surface area contributed by atoms with Gasteiger partial charge in [0.2, 0.25) is 11.8 Å². The minimum atomic E-state index is -1.03. The molecule has 9 heteroatoms. The molecule has 3 aliphatic rings. The van der Waals surface area contributed by atoms with Gasteiger partial charge in [-0.3, -0.25) is 9.69 Å². The van der Waals surface area contributed by atoms with Gasteiger partial charge in [-0.1, -0.05) is 0 Å². The smallest absolute Gasteiger partial charge is 0.411 e. The molecular formula is C23H34N4O5. The van der Waals surface area contributed by atoms with E-state index in [1.165, 1.54) is 12.0 Å². The summed E-state index contributed by atoms with van der Waals surface area (Å²) in [6.45, 7) is 4.09. The van der Waals surface area contributed by atoms with Gasteiger partial charge in [0, 0.05) is 38.3 Å². The molecule has 0 bridgehead atoms. The zero-order chi connectivity index (χ0) is 22.9. The number of carboxylic acid groups (broad SMARTS) is 1. The quantitative estimate of drug-likeness (QED) is 0.716. The van der Waals surface area contributed by atoms with E-state index in [-0.39, 0.29) is 18.1 Å². The number of likely N-dealkylation sites (tertiary alicyclic amines) is 1. The van der Waals surface area contributed by atoms with Crippen LogP contribution in [0, 0.1) is 5.41 Å². The third-order valence-corrected chi connectivity index (χ3v) is 7.41. The number of carbonyl (C=O) groups excluding carboxylic acids is 1. The summed E-state index contributed by atoms with van der Waals surface area (Å²) in [5, 5.41) is 19.5. The van der Waals surface area contributed by atoms with Gasteiger partial charge in [0.05, 0.1) is 24.3 Å². The van der Waals surface area contributed by atoms with Crippen LogP contribution in [0.2, 0.25) is 0 Å². The average Bonchev–Trinajstić information content (AvgIpc) is 3.10. The Morgan fingerprint density at radius 1 is 1.25 bits per heavy atom. The minimum absolute atomic E-state index is 0.207. The topological polar surface area (TPSA) is 106 Å². The predicted molar refractivity (Wildman–Crippen MR) is 120 cm³/mol. The van der Waals surface area contributed by atoms with Crippen LogP contribution < -0.4 is 14.5 Å².